The number of nitrogens with one attached hydrogen (secondary N) is 1. The predicted octanol–water partition coefficient (Wildman–Crippen LogP) is 3.90. The summed E-state index contributed by atoms with van der Waals surface area (Å²) in [6.45, 7) is 13.0. The number of rotatable bonds is 12. The Morgan fingerprint density at radius 1 is 1.12 bits per heavy atom. The van der Waals surface area contributed by atoms with Crippen LogP contribution >= 0.6 is 11.6 Å². The van der Waals surface area contributed by atoms with E-state index in [0.717, 1.165) is 103 Å². The van der Waals surface area contributed by atoms with Gasteiger partial charge in [-0.1, -0.05) is 40.0 Å². The summed E-state index contributed by atoms with van der Waals surface area (Å²) in [5.41, 5.74) is 13.8. The molecular formula is C33H60ClN7O2. The van der Waals surface area contributed by atoms with Crippen LogP contribution in [0.4, 0.5) is 0 Å². The minimum absolute atomic E-state index is 0.0364. The molecule has 0 aromatic heterocycles. The highest BCUT2D eigenvalue weighted by Gasteiger charge is 2.40. The number of hydrogen-bond donors (Lipinski definition) is 3. The van der Waals surface area contributed by atoms with E-state index in [1.54, 1.807) is 0 Å². The predicted molar refractivity (Wildman–Crippen MR) is 177 cm³/mol. The first-order chi connectivity index (χ1) is 20.7. The van der Waals surface area contributed by atoms with Crippen molar-refractivity contribution in [1.29, 1.82) is 0 Å². The summed E-state index contributed by atoms with van der Waals surface area (Å²) >= 11 is 6.56. The molecule has 10 heteroatoms. The Morgan fingerprint density at radius 2 is 1.86 bits per heavy atom. The minimum Gasteiger partial charge on any atom is -0.380 e. The van der Waals surface area contributed by atoms with Crippen LogP contribution in [0.2, 0.25) is 0 Å². The highest BCUT2D eigenvalue weighted by Crippen LogP contribution is 2.38. The number of carbonyl (C=O) groups is 1. The van der Waals surface area contributed by atoms with Crippen molar-refractivity contribution >= 4 is 23.7 Å². The summed E-state index contributed by atoms with van der Waals surface area (Å²) in [7, 11) is 1.83. The lowest BCUT2D eigenvalue weighted by molar-refractivity contribution is -0.126. The Bertz CT molecular complexity index is 940. The molecule has 0 bridgehead atoms. The number of halogens is 1. The summed E-state index contributed by atoms with van der Waals surface area (Å²) in [5.74, 6) is -0.748. The van der Waals surface area contributed by atoms with E-state index in [2.05, 4.69) is 47.0 Å². The van der Waals surface area contributed by atoms with Gasteiger partial charge >= 0.3 is 0 Å². The second kappa shape index (κ2) is 16.4. The number of nitrogens with zero attached hydrogens (tertiary/aromatic N) is 4. The Hall–Kier alpha value is -1.23. The molecule has 2 saturated heterocycles. The van der Waals surface area contributed by atoms with E-state index < -0.39 is 12.1 Å². The van der Waals surface area contributed by atoms with Gasteiger partial charge in [0.25, 0.3) is 0 Å². The van der Waals surface area contributed by atoms with E-state index in [0.29, 0.717) is 12.1 Å². The molecule has 0 aromatic carbocycles. The molecule has 5 unspecified atom stereocenters. The molecule has 0 aliphatic carbocycles. The van der Waals surface area contributed by atoms with Gasteiger partial charge in [0, 0.05) is 64.8 Å². The lowest BCUT2D eigenvalue weighted by Crippen LogP contribution is -2.56. The second-order valence-electron chi connectivity index (χ2n) is 13.9. The molecule has 4 aliphatic heterocycles. The first-order valence-corrected chi connectivity index (χ1v) is 17.6. The van der Waals surface area contributed by atoms with Crippen molar-refractivity contribution in [3.05, 3.63) is 11.9 Å². The summed E-state index contributed by atoms with van der Waals surface area (Å²) in [4.78, 5) is 26.6. The number of nitrogens with two attached hydrogens (primary N) is 2. The van der Waals surface area contributed by atoms with E-state index in [4.69, 9.17) is 32.8 Å². The Labute approximate surface area is 266 Å². The lowest BCUT2D eigenvalue weighted by Gasteiger charge is -2.44. The van der Waals surface area contributed by atoms with Gasteiger partial charge < -0.3 is 26.4 Å². The maximum Gasteiger partial charge on any atom is 0.232 e. The fourth-order valence-electron chi connectivity index (χ4n) is 7.66. The smallest absolute Gasteiger partial charge is 0.232 e. The van der Waals surface area contributed by atoms with Crippen molar-refractivity contribution in [2.75, 3.05) is 46.4 Å². The molecule has 4 rings (SSSR count). The SMILES string of the molecule is CCCCCN1C=C(NC(=O)C(C(N)N)C2C[C@](C)(CC)CCC(Cl)C=N2)C(N2CCC(N3CCC(OC)C3)CC2)CC1. The normalized spacial score (nSPS) is 32.5. The van der Waals surface area contributed by atoms with Crippen LogP contribution in [0.25, 0.3) is 0 Å². The molecule has 0 aromatic rings. The number of amides is 1. The molecular weight excluding hydrogens is 562 g/mol. The highest BCUT2D eigenvalue weighted by atomic mass is 35.5. The van der Waals surface area contributed by atoms with Crippen molar-refractivity contribution in [1.82, 2.24) is 20.0 Å². The van der Waals surface area contributed by atoms with Gasteiger partial charge in [-0.25, -0.2) is 0 Å². The zero-order valence-electron chi connectivity index (χ0n) is 27.4. The Balaban J connectivity index is 1.49. The number of hydrogen-bond acceptors (Lipinski definition) is 8. The van der Waals surface area contributed by atoms with Crippen LogP contribution in [0, 0.1) is 11.3 Å². The number of piperidine rings is 1. The minimum atomic E-state index is -0.813. The zero-order valence-corrected chi connectivity index (χ0v) is 28.1. The molecule has 4 aliphatic rings. The van der Waals surface area contributed by atoms with Gasteiger partial charge in [0.1, 0.15) is 0 Å². The molecule has 4 heterocycles. The summed E-state index contributed by atoms with van der Waals surface area (Å²) in [5, 5.41) is 3.24. The van der Waals surface area contributed by atoms with Gasteiger partial charge in [-0.2, -0.15) is 0 Å². The number of alkyl halides is 1. The number of methoxy groups -OCH3 is 1. The average Bonchev–Trinajstić information content (AvgIpc) is 3.48. The number of carbonyl (C=O) groups excluding carboxylic acids is 1. The third-order valence-corrected chi connectivity index (χ3v) is 11.1. The summed E-state index contributed by atoms with van der Waals surface area (Å²) in [6.07, 6.45) is 15.2. The van der Waals surface area contributed by atoms with Crippen LogP contribution in [0.15, 0.2) is 16.9 Å². The number of likely N-dealkylation sites (tertiary alicyclic amines) is 2. The second-order valence-corrected chi connectivity index (χ2v) is 14.5. The summed E-state index contributed by atoms with van der Waals surface area (Å²) in [6, 6.07) is 0.492. The van der Waals surface area contributed by atoms with Crippen molar-refractivity contribution < 1.29 is 9.53 Å². The number of aliphatic imine (C=N–C) groups is 1. The molecule has 6 atom stereocenters. The fourth-order valence-corrected chi connectivity index (χ4v) is 7.84. The molecule has 0 radical (unpaired) electrons. The summed E-state index contributed by atoms with van der Waals surface area (Å²) < 4.78 is 5.62. The molecule has 5 N–H and O–H groups in total. The van der Waals surface area contributed by atoms with Crippen molar-refractivity contribution in [3.8, 4) is 0 Å². The zero-order chi connectivity index (χ0) is 31.0. The molecule has 246 valence electrons. The number of ether oxygens (including phenoxy) is 1. The lowest BCUT2D eigenvalue weighted by atomic mass is 9.73. The van der Waals surface area contributed by atoms with Gasteiger partial charge in [-0.05, 0) is 56.8 Å². The van der Waals surface area contributed by atoms with Gasteiger partial charge in [-0.15, -0.1) is 11.6 Å². The van der Waals surface area contributed by atoms with Crippen molar-refractivity contribution in [2.24, 2.45) is 27.8 Å². The van der Waals surface area contributed by atoms with E-state index in [1.165, 1.54) is 12.8 Å². The van der Waals surface area contributed by atoms with Crippen LogP contribution < -0.4 is 16.8 Å². The van der Waals surface area contributed by atoms with Crippen LogP contribution in [-0.2, 0) is 9.53 Å². The topological polar surface area (TPSA) is 112 Å². The van der Waals surface area contributed by atoms with E-state index >= 15 is 0 Å². The fraction of sp³-hybridized carbons (Fsp3) is 0.879. The average molecular weight is 622 g/mol. The quantitative estimate of drug-likeness (QED) is 0.172. The maximum atomic E-state index is 14.1. The van der Waals surface area contributed by atoms with Gasteiger partial charge in [0.05, 0.1) is 41.3 Å². The molecule has 1 amide bonds. The van der Waals surface area contributed by atoms with E-state index in [-0.39, 0.29) is 28.8 Å². The highest BCUT2D eigenvalue weighted by molar-refractivity contribution is 6.28. The first kappa shape index (κ1) is 34.6. The van der Waals surface area contributed by atoms with Gasteiger partial charge in [0.2, 0.25) is 5.91 Å². The number of unbranched alkanes of at least 4 members (excludes halogenated alkanes) is 2. The monoisotopic (exact) mass is 621 g/mol. The Morgan fingerprint density at radius 3 is 2.51 bits per heavy atom. The van der Waals surface area contributed by atoms with Gasteiger partial charge in [0.15, 0.2) is 0 Å². The van der Waals surface area contributed by atoms with Gasteiger partial charge in [-0.3, -0.25) is 19.6 Å². The first-order valence-electron chi connectivity index (χ1n) is 17.1. The standard InChI is InChI=1S/C33H60ClN7O2/c1-5-7-8-15-39-16-13-29(40-17-10-25(11-18-40)41-19-12-26(22-41)43-4)28(23-39)38-32(42)30(31(35)36)27-20-33(3,6-2)14-9-24(34)21-37-27/h21,23-27,29-31H,5-20,22,35-36H2,1-4H3,(H,38,42)/t24?,26?,27?,29?,30?,33-/m1/s1. The van der Waals surface area contributed by atoms with E-state index in [1.807, 2.05) is 13.3 Å². The third-order valence-electron chi connectivity index (χ3n) is 10.8. The third kappa shape index (κ3) is 9.39. The van der Waals surface area contributed by atoms with E-state index in [9.17, 15) is 4.79 Å². The molecule has 9 nitrogen and oxygen atoms in total. The van der Waals surface area contributed by atoms with Crippen LogP contribution in [0.5, 0.6) is 0 Å². The van der Waals surface area contributed by atoms with Crippen LogP contribution in [0.3, 0.4) is 0 Å². The molecule has 2 fully saturated rings. The molecule has 43 heavy (non-hydrogen) atoms. The van der Waals surface area contributed by atoms with Crippen LogP contribution in [-0.4, -0.2) is 109 Å². The molecule has 0 saturated carbocycles. The Kier molecular flexibility index (Phi) is 13.2. The van der Waals surface area contributed by atoms with Crippen molar-refractivity contribution in [3.63, 3.8) is 0 Å². The van der Waals surface area contributed by atoms with Crippen LogP contribution in [0.1, 0.15) is 91.4 Å². The molecule has 0 spiro atoms. The van der Waals surface area contributed by atoms with Crippen molar-refractivity contribution in [2.45, 2.75) is 127 Å². The largest absolute Gasteiger partial charge is 0.380 e. The maximum absolute atomic E-state index is 14.1.